The molecule has 0 amide bonds. The van der Waals surface area contributed by atoms with Crippen LogP contribution in [0.15, 0.2) is 11.6 Å². The van der Waals surface area contributed by atoms with Gasteiger partial charge in [-0.3, -0.25) is 19.2 Å². The van der Waals surface area contributed by atoms with Crippen molar-refractivity contribution in [1.82, 2.24) is 0 Å². The van der Waals surface area contributed by atoms with Gasteiger partial charge in [-0.2, -0.15) is 0 Å². The topological polar surface area (TPSA) is 129 Å². The van der Waals surface area contributed by atoms with E-state index >= 15 is 0 Å². The van der Waals surface area contributed by atoms with Crippen LogP contribution in [0, 0.1) is 39.4 Å². The van der Waals surface area contributed by atoms with Crippen molar-refractivity contribution in [3.63, 3.8) is 0 Å². The molecule has 0 spiro atoms. The van der Waals surface area contributed by atoms with Crippen molar-refractivity contribution in [2.45, 2.75) is 73.3 Å². The quantitative estimate of drug-likeness (QED) is 0.567. The summed E-state index contributed by atoms with van der Waals surface area (Å²) in [6, 6.07) is 0. The first-order chi connectivity index (χ1) is 14.0. The van der Waals surface area contributed by atoms with E-state index in [1.165, 1.54) is 6.92 Å². The summed E-state index contributed by atoms with van der Waals surface area (Å²) in [6.45, 7) is 10.2. The number of allylic oxidation sites excluding steroid dienone is 1. The van der Waals surface area contributed by atoms with E-state index in [1.807, 2.05) is 19.9 Å². The molecule has 0 radical (unpaired) electrons. The molecular weight excluding hydrogens is 400 g/mol. The highest BCUT2D eigenvalue weighted by atomic mass is 16.4. The first-order valence-electron chi connectivity index (χ1n) is 10.9. The van der Waals surface area contributed by atoms with E-state index in [0.717, 1.165) is 0 Å². The van der Waals surface area contributed by atoms with Crippen LogP contribution < -0.4 is 0 Å². The van der Waals surface area contributed by atoms with Crippen molar-refractivity contribution >= 4 is 23.5 Å². The largest absolute Gasteiger partial charge is 0.481 e. The summed E-state index contributed by atoms with van der Waals surface area (Å²) in [7, 11) is 0. The average molecular weight is 435 g/mol. The molecule has 7 nitrogen and oxygen atoms in total. The number of rotatable bonds is 5. The molecule has 7 heteroatoms. The molecule has 172 valence electrons. The Kier molecular flexibility index (Phi) is 5.33. The Morgan fingerprint density at radius 3 is 2.19 bits per heavy atom. The zero-order valence-corrected chi connectivity index (χ0v) is 19.2. The second kappa shape index (κ2) is 6.99. The van der Waals surface area contributed by atoms with Crippen LogP contribution in [0.4, 0.5) is 0 Å². The first kappa shape index (κ1) is 23.6. The van der Waals surface area contributed by atoms with Gasteiger partial charge in [-0.05, 0) is 50.4 Å². The highest BCUT2D eigenvalue weighted by molar-refractivity contribution is 5.91. The molecule has 2 saturated carbocycles. The lowest BCUT2D eigenvalue weighted by Gasteiger charge is -2.62. The summed E-state index contributed by atoms with van der Waals surface area (Å²) in [4.78, 5) is 50.1. The minimum atomic E-state index is -1.31. The maximum absolute atomic E-state index is 13.8. The zero-order chi connectivity index (χ0) is 23.7. The molecule has 0 unspecified atom stereocenters. The minimum absolute atomic E-state index is 0.0642. The number of hydrogen-bond acceptors (Lipinski definition) is 5. The van der Waals surface area contributed by atoms with Crippen molar-refractivity contribution in [3.05, 3.63) is 11.6 Å². The number of carboxylic acid groups (broad SMARTS) is 2. The van der Waals surface area contributed by atoms with Crippen LogP contribution >= 0.6 is 0 Å². The van der Waals surface area contributed by atoms with Gasteiger partial charge in [-0.15, -0.1) is 0 Å². The number of ketones is 2. The highest BCUT2D eigenvalue weighted by Crippen LogP contribution is 2.72. The summed E-state index contributed by atoms with van der Waals surface area (Å²) in [5.41, 5.74) is -3.23. The average Bonchev–Trinajstić information content (AvgIpc) is 2.81. The molecule has 3 rings (SSSR count). The SMILES string of the molecule is CC(=O)[C@H]1[C@H](O)C[C@@]2(C)[C@H]3CC=C(C(C)(C)C(=O)O)[C@H](CC(=O)O)[C@]3(C)C(=O)C[C@]12C. The lowest BCUT2D eigenvalue weighted by molar-refractivity contribution is -0.171. The first-order valence-corrected chi connectivity index (χ1v) is 10.9. The van der Waals surface area contributed by atoms with Crippen molar-refractivity contribution in [1.29, 1.82) is 0 Å². The zero-order valence-electron chi connectivity index (χ0n) is 19.2. The van der Waals surface area contributed by atoms with Crippen LogP contribution in [0.25, 0.3) is 0 Å². The normalized spacial score (nSPS) is 42.4. The van der Waals surface area contributed by atoms with Crippen LogP contribution in [0.5, 0.6) is 0 Å². The summed E-state index contributed by atoms with van der Waals surface area (Å²) >= 11 is 0. The lowest BCUT2D eigenvalue weighted by atomic mass is 9.40. The number of fused-ring (bicyclic) bond motifs is 3. The Bertz CT molecular complexity index is 886. The van der Waals surface area contributed by atoms with E-state index in [0.29, 0.717) is 18.4 Å². The monoisotopic (exact) mass is 434 g/mol. The van der Waals surface area contributed by atoms with Crippen LogP contribution in [0.1, 0.15) is 67.2 Å². The number of Topliss-reactive ketones (excluding diaryl/α,β-unsaturated/α-hetero) is 2. The van der Waals surface area contributed by atoms with Gasteiger partial charge < -0.3 is 15.3 Å². The molecule has 0 aliphatic heterocycles. The number of hydrogen-bond donors (Lipinski definition) is 3. The van der Waals surface area contributed by atoms with Gasteiger partial charge in [-0.1, -0.05) is 32.4 Å². The predicted molar refractivity (Wildman–Crippen MR) is 112 cm³/mol. The summed E-state index contributed by atoms with van der Waals surface area (Å²) in [6.07, 6.45) is 1.44. The maximum Gasteiger partial charge on any atom is 0.313 e. The Balaban J connectivity index is 2.23. The fourth-order valence-electron chi connectivity index (χ4n) is 7.48. The van der Waals surface area contributed by atoms with Gasteiger partial charge in [-0.25, -0.2) is 0 Å². The molecule has 2 fully saturated rings. The van der Waals surface area contributed by atoms with Gasteiger partial charge in [0.1, 0.15) is 11.6 Å². The van der Waals surface area contributed by atoms with Crippen molar-refractivity contribution in [2.24, 2.45) is 39.4 Å². The smallest absolute Gasteiger partial charge is 0.313 e. The number of carbonyl (C=O) groups is 4. The second-order valence-electron chi connectivity index (χ2n) is 11.1. The van der Waals surface area contributed by atoms with Crippen molar-refractivity contribution in [2.75, 3.05) is 0 Å². The Hall–Kier alpha value is -2.02. The van der Waals surface area contributed by atoms with Crippen LogP contribution in [0.3, 0.4) is 0 Å². The van der Waals surface area contributed by atoms with Gasteiger partial charge in [0.05, 0.1) is 17.9 Å². The lowest BCUT2D eigenvalue weighted by Crippen LogP contribution is -2.62. The van der Waals surface area contributed by atoms with Crippen molar-refractivity contribution in [3.8, 4) is 0 Å². The number of aliphatic carboxylic acids is 2. The minimum Gasteiger partial charge on any atom is -0.481 e. The van der Waals surface area contributed by atoms with Crippen LogP contribution in [0.2, 0.25) is 0 Å². The molecule has 0 aromatic carbocycles. The van der Waals surface area contributed by atoms with E-state index in [1.54, 1.807) is 20.8 Å². The summed E-state index contributed by atoms with van der Waals surface area (Å²) in [5.74, 6) is -4.15. The van der Waals surface area contributed by atoms with Gasteiger partial charge in [0, 0.05) is 23.7 Å². The summed E-state index contributed by atoms with van der Waals surface area (Å²) < 4.78 is 0. The van der Waals surface area contributed by atoms with E-state index < -0.39 is 51.5 Å². The third kappa shape index (κ3) is 2.95. The molecule has 0 aromatic heterocycles. The Morgan fingerprint density at radius 1 is 1.13 bits per heavy atom. The number of aliphatic hydroxyl groups excluding tert-OH is 1. The molecule has 31 heavy (non-hydrogen) atoms. The fraction of sp³-hybridized carbons (Fsp3) is 0.750. The molecular formula is C24H34O7. The number of aliphatic hydroxyl groups is 1. The summed E-state index contributed by atoms with van der Waals surface area (Å²) in [5, 5.41) is 30.3. The van der Waals surface area contributed by atoms with Gasteiger partial charge in [0.2, 0.25) is 0 Å². The molecule has 0 bridgehead atoms. The fourth-order valence-corrected chi connectivity index (χ4v) is 7.48. The maximum atomic E-state index is 13.8. The predicted octanol–water partition coefficient (Wildman–Crippen LogP) is 3.10. The molecule has 0 saturated heterocycles. The second-order valence-corrected chi connectivity index (χ2v) is 11.1. The van der Waals surface area contributed by atoms with E-state index in [9.17, 15) is 34.5 Å². The molecule has 7 atom stereocenters. The van der Waals surface area contributed by atoms with Gasteiger partial charge in [0.25, 0.3) is 0 Å². The van der Waals surface area contributed by atoms with Crippen molar-refractivity contribution < 1.29 is 34.5 Å². The van der Waals surface area contributed by atoms with E-state index in [-0.39, 0.29) is 30.3 Å². The molecule has 0 aromatic rings. The highest BCUT2D eigenvalue weighted by Gasteiger charge is 2.72. The Morgan fingerprint density at radius 2 is 1.71 bits per heavy atom. The molecule has 0 heterocycles. The number of carboxylic acids is 2. The van der Waals surface area contributed by atoms with Crippen LogP contribution in [-0.4, -0.2) is 44.9 Å². The third-order valence-corrected chi connectivity index (χ3v) is 9.38. The molecule has 3 N–H and O–H groups in total. The van der Waals surface area contributed by atoms with Crippen LogP contribution in [-0.2, 0) is 19.2 Å². The Labute approximate surface area is 182 Å². The van der Waals surface area contributed by atoms with E-state index in [2.05, 4.69) is 0 Å². The van der Waals surface area contributed by atoms with Gasteiger partial charge in [0.15, 0.2) is 0 Å². The van der Waals surface area contributed by atoms with Gasteiger partial charge >= 0.3 is 11.9 Å². The van der Waals surface area contributed by atoms with E-state index in [4.69, 9.17) is 0 Å². The molecule has 3 aliphatic carbocycles. The third-order valence-electron chi connectivity index (χ3n) is 9.38. The standard InChI is InChI=1S/C24H34O7/c1-12(25)19-15(26)10-22(4)16-8-7-13(21(2,3)20(30)31)14(9-18(28)29)24(16,6)17(27)11-23(19,22)5/h7,14-16,19,26H,8-11H2,1-6H3,(H,28,29)(H,30,31)/t14-,15+,16+,19-,22-,23+,24-/m0/s1. The molecule has 3 aliphatic rings. The number of carbonyl (C=O) groups excluding carboxylic acids is 2.